The Balaban J connectivity index is 1.92. The molecule has 1 aromatic heterocycles. The van der Waals surface area contributed by atoms with Crippen LogP contribution in [-0.2, 0) is 0 Å². The summed E-state index contributed by atoms with van der Waals surface area (Å²) in [6.45, 7) is 1.44. The summed E-state index contributed by atoms with van der Waals surface area (Å²) in [6.07, 6.45) is 1.96. The van der Waals surface area contributed by atoms with Crippen LogP contribution in [0.2, 0.25) is 0 Å². The Kier molecular flexibility index (Phi) is 3.66. The van der Waals surface area contributed by atoms with Crippen molar-refractivity contribution in [3.05, 3.63) is 11.1 Å². The fraction of sp³-hybridized carbons (Fsp3) is 0.500. The largest absolute Gasteiger partial charge is 0.465 e. The molecule has 1 aliphatic rings. The van der Waals surface area contributed by atoms with Crippen molar-refractivity contribution in [3.8, 4) is 0 Å². The maximum Gasteiger partial charge on any atom is 0.404 e. The van der Waals surface area contributed by atoms with Crippen molar-refractivity contribution in [2.24, 2.45) is 5.73 Å². The molecule has 1 saturated heterocycles. The number of anilines is 1. The van der Waals surface area contributed by atoms with Crippen molar-refractivity contribution in [3.63, 3.8) is 0 Å². The van der Waals surface area contributed by atoms with E-state index in [0.717, 1.165) is 31.1 Å². The molecule has 2 amide bonds. The zero-order valence-corrected chi connectivity index (χ0v) is 10.4. The highest BCUT2D eigenvalue weighted by molar-refractivity contribution is 7.17. The van der Waals surface area contributed by atoms with Crippen molar-refractivity contribution in [1.29, 1.82) is 0 Å². The van der Waals surface area contributed by atoms with Crippen LogP contribution in [0.3, 0.4) is 0 Å². The molecule has 18 heavy (non-hydrogen) atoms. The molecule has 8 heteroatoms. The average Bonchev–Trinajstić information content (AvgIpc) is 2.78. The van der Waals surface area contributed by atoms with Gasteiger partial charge in [0.2, 0.25) is 0 Å². The third kappa shape index (κ3) is 2.89. The van der Waals surface area contributed by atoms with Crippen LogP contribution in [0.15, 0.2) is 6.20 Å². The third-order valence-electron chi connectivity index (χ3n) is 2.83. The highest BCUT2D eigenvalue weighted by Gasteiger charge is 2.22. The van der Waals surface area contributed by atoms with Crippen molar-refractivity contribution in [2.45, 2.75) is 18.9 Å². The topological polar surface area (TPSA) is 109 Å². The number of nitrogens with two attached hydrogens (primary N) is 1. The lowest BCUT2D eigenvalue weighted by atomic mass is 10.1. The molecule has 0 spiro atoms. The minimum Gasteiger partial charge on any atom is -0.465 e. The molecule has 4 N–H and O–H groups in total. The number of hydrogen-bond donors (Lipinski definition) is 3. The lowest BCUT2D eigenvalue weighted by Crippen LogP contribution is -2.44. The number of rotatable bonds is 3. The number of thiazole rings is 1. The number of primary amides is 1. The second-order valence-corrected chi connectivity index (χ2v) is 5.09. The van der Waals surface area contributed by atoms with Crippen LogP contribution in [-0.4, -0.2) is 41.2 Å². The quantitative estimate of drug-likeness (QED) is 0.740. The lowest BCUT2D eigenvalue weighted by molar-refractivity contribution is 0.100. The Morgan fingerprint density at radius 2 is 2.17 bits per heavy atom. The van der Waals surface area contributed by atoms with Gasteiger partial charge in [0.05, 0.1) is 6.20 Å². The molecule has 2 heterocycles. The molecule has 0 radical (unpaired) electrons. The van der Waals surface area contributed by atoms with Gasteiger partial charge in [-0.15, -0.1) is 0 Å². The van der Waals surface area contributed by atoms with E-state index in [-0.39, 0.29) is 6.04 Å². The van der Waals surface area contributed by atoms with Crippen LogP contribution in [0.5, 0.6) is 0 Å². The number of carbonyl (C=O) groups excluding carboxylic acids is 1. The summed E-state index contributed by atoms with van der Waals surface area (Å²) in [4.78, 5) is 28.1. The number of amides is 2. The Hall–Kier alpha value is -1.83. The van der Waals surface area contributed by atoms with Gasteiger partial charge in [-0.1, -0.05) is 11.3 Å². The van der Waals surface area contributed by atoms with Gasteiger partial charge in [-0.25, -0.2) is 9.78 Å². The number of carbonyl (C=O) groups is 2. The molecule has 98 valence electrons. The molecular formula is C10H14N4O3S. The Bertz CT molecular complexity index is 454. The predicted octanol–water partition coefficient (Wildman–Crippen LogP) is 0.478. The Morgan fingerprint density at radius 3 is 2.67 bits per heavy atom. The van der Waals surface area contributed by atoms with Crippen LogP contribution in [0.4, 0.5) is 9.93 Å². The van der Waals surface area contributed by atoms with Gasteiger partial charge in [-0.05, 0) is 12.8 Å². The smallest absolute Gasteiger partial charge is 0.404 e. The van der Waals surface area contributed by atoms with Gasteiger partial charge in [0.25, 0.3) is 5.91 Å². The lowest BCUT2D eigenvalue weighted by Gasteiger charge is -2.31. The van der Waals surface area contributed by atoms with Gasteiger partial charge in [0, 0.05) is 19.1 Å². The van der Waals surface area contributed by atoms with Gasteiger partial charge in [-0.3, -0.25) is 4.79 Å². The summed E-state index contributed by atoms with van der Waals surface area (Å²) in [7, 11) is 0. The van der Waals surface area contributed by atoms with E-state index in [1.54, 1.807) is 0 Å². The summed E-state index contributed by atoms with van der Waals surface area (Å²) in [5.74, 6) is -0.471. The monoisotopic (exact) mass is 270 g/mol. The first-order valence-electron chi connectivity index (χ1n) is 5.56. The van der Waals surface area contributed by atoms with Crippen molar-refractivity contribution < 1.29 is 14.7 Å². The fourth-order valence-corrected chi connectivity index (χ4v) is 2.73. The van der Waals surface area contributed by atoms with E-state index in [4.69, 9.17) is 10.8 Å². The zero-order valence-electron chi connectivity index (χ0n) is 9.63. The van der Waals surface area contributed by atoms with E-state index in [0.29, 0.717) is 4.88 Å². The summed E-state index contributed by atoms with van der Waals surface area (Å²) < 4.78 is 0. The molecule has 0 saturated carbocycles. The van der Waals surface area contributed by atoms with E-state index < -0.39 is 12.0 Å². The van der Waals surface area contributed by atoms with E-state index in [2.05, 4.69) is 10.3 Å². The van der Waals surface area contributed by atoms with Gasteiger partial charge in [0.1, 0.15) is 4.88 Å². The predicted molar refractivity (Wildman–Crippen MR) is 67.0 cm³/mol. The number of hydrogen-bond acceptors (Lipinski definition) is 5. The molecule has 1 aliphatic heterocycles. The molecule has 0 atom stereocenters. The van der Waals surface area contributed by atoms with Crippen LogP contribution >= 0.6 is 11.3 Å². The standard InChI is InChI=1S/C10H14N4O3S/c11-8(15)7-5-12-9(18-7)14-3-1-6(2-4-14)13-10(16)17/h5-6,13H,1-4H2,(H2,11,15)(H,16,17). The number of aromatic nitrogens is 1. The second kappa shape index (κ2) is 5.21. The van der Waals surface area contributed by atoms with Gasteiger partial charge in [0.15, 0.2) is 5.13 Å². The van der Waals surface area contributed by atoms with Gasteiger partial charge in [-0.2, -0.15) is 0 Å². The van der Waals surface area contributed by atoms with Crippen LogP contribution in [0.25, 0.3) is 0 Å². The van der Waals surface area contributed by atoms with Crippen LogP contribution in [0, 0.1) is 0 Å². The third-order valence-corrected chi connectivity index (χ3v) is 3.90. The maximum atomic E-state index is 11.0. The summed E-state index contributed by atoms with van der Waals surface area (Å²) >= 11 is 1.27. The Morgan fingerprint density at radius 1 is 1.50 bits per heavy atom. The highest BCUT2D eigenvalue weighted by Crippen LogP contribution is 2.25. The van der Waals surface area contributed by atoms with E-state index in [9.17, 15) is 9.59 Å². The number of piperidine rings is 1. The highest BCUT2D eigenvalue weighted by atomic mass is 32.1. The molecule has 1 fully saturated rings. The van der Waals surface area contributed by atoms with E-state index in [1.165, 1.54) is 17.5 Å². The summed E-state index contributed by atoms with van der Waals surface area (Å²) in [5, 5.41) is 11.9. The normalized spacial score (nSPS) is 16.6. The van der Waals surface area contributed by atoms with Gasteiger partial charge >= 0.3 is 6.09 Å². The first-order chi connectivity index (χ1) is 8.56. The SMILES string of the molecule is NC(=O)c1cnc(N2CCC(NC(=O)O)CC2)s1. The summed E-state index contributed by atoms with van der Waals surface area (Å²) in [6, 6.07) is -0.00526. The number of nitrogens with zero attached hydrogens (tertiary/aromatic N) is 2. The molecule has 0 bridgehead atoms. The maximum absolute atomic E-state index is 11.0. The summed E-state index contributed by atoms with van der Waals surface area (Å²) in [5.41, 5.74) is 5.17. The van der Waals surface area contributed by atoms with E-state index >= 15 is 0 Å². The van der Waals surface area contributed by atoms with Crippen molar-refractivity contribution in [1.82, 2.24) is 10.3 Å². The van der Waals surface area contributed by atoms with Gasteiger partial charge < -0.3 is 21.1 Å². The first-order valence-corrected chi connectivity index (χ1v) is 6.38. The van der Waals surface area contributed by atoms with Crippen molar-refractivity contribution in [2.75, 3.05) is 18.0 Å². The first kappa shape index (κ1) is 12.6. The van der Waals surface area contributed by atoms with Crippen LogP contribution in [0.1, 0.15) is 22.5 Å². The minimum atomic E-state index is -0.987. The molecular weight excluding hydrogens is 256 g/mol. The molecule has 2 rings (SSSR count). The fourth-order valence-electron chi connectivity index (χ4n) is 1.91. The molecule has 1 aromatic rings. The average molecular weight is 270 g/mol. The van der Waals surface area contributed by atoms with E-state index in [1.807, 2.05) is 4.90 Å². The van der Waals surface area contributed by atoms with Crippen molar-refractivity contribution >= 4 is 28.5 Å². The van der Waals surface area contributed by atoms with Crippen LogP contribution < -0.4 is 16.0 Å². The number of nitrogens with one attached hydrogen (secondary N) is 1. The molecule has 0 aliphatic carbocycles. The molecule has 0 unspecified atom stereocenters. The minimum absolute atomic E-state index is 0.00526. The second-order valence-electron chi connectivity index (χ2n) is 4.08. The number of carboxylic acid groups (broad SMARTS) is 1. The zero-order chi connectivity index (χ0) is 13.1. The molecule has 7 nitrogen and oxygen atoms in total. The Labute approximate surface area is 108 Å². The molecule has 0 aromatic carbocycles.